The summed E-state index contributed by atoms with van der Waals surface area (Å²) in [7, 11) is 0. The SMILES string of the molecule is O=C1CCC(c2ccc(N3CCC(C(=O)N4CC[C@@H](C(=O)O)C4)CC3)cc2)C(=O)N1. The third kappa shape index (κ3) is 4.17. The van der Waals surface area contributed by atoms with Crippen LogP contribution >= 0.6 is 0 Å². The summed E-state index contributed by atoms with van der Waals surface area (Å²) < 4.78 is 0. The van der Waals surface area contributed by atoms with Crippen molar-refractivity contribution in [3.05, 3.63) is 29.8 Å². The molecule has 4 rings (SSSR count). The Balaban J connectivity index is 1.31. The molecule has 3 amide bonds. The van der Waals surface area contributed by atoms with Crippen molar-refractivity contribution in [2.75, 3.05) is 31.1 Å². The Kier molecular flexibility index (Phi) is 5.74. The van der Waals surface area contributed by atoms with Crippen LogP contribution in [0.3, 0.4) is 0 Å². The minimum atomic E-state index is -0.819. The first-order valence-electron chi connectivity index (χ1n) is 10.6. The van der Waals surface area contributed by atoms with E-state index in [2.05, 4.69) is 10.2 Å². The summed E-state index contributed by atoms with van der Waals surface area (Å²) in [6, 6.07) is 7.89. The molecule has 8 nitrogen and oxygen atoms in total. The number of nitrogens with one attached hydrogen (secondary N) is 1. The van der Waals surface area contributed by atoms with Gasteiger partial charge in [0.25, 0.3) is 0 Å². The molecule has 3 saturated heterocycles. The largest absolute Gasteiger partial charge is 0.481 e. The quantitative estimate of drug-likeness (QED) is 0.722. The van der Waals surface area contributed by atoms with E-state index < -0.39 is 11.9 Å². The lowest BCUT2D eigenvalue weighted by Crippen LogP contribution is -2.42. The summed E-state index contributed by atoms with van der Waals surface area (Å²) in [5, 5.41) is 11.5. The fourth-order valence-electron chi connectivity index (χ4n) is 4.73. The second-order valence-corrected chi connectivity index (χ2v) is 8.46. The molecule has 160 valence electrons. The lowest BCUT2D eigenvalue weighted by atomic mass is 9.90. The molecule has 1 unspecified atom stereocenters. The highest BCUT2D eigenvalue weighted by Gasteiger charge is 2.35. The van der Waals surface area contributed by atoms with Crippen LogP contribution < -0.4 is 10.2 Å². The number of carbonyl (C=O) groups excluding carboxylic acids is 3. The van der Waals surface area contributed by atoms with Crippen LogP contribution in [-0.2, 0) is 19.2 Å². The summed E-state index contributed by atoms with van der Waals surface area (Å²) in [6.45, 7) is 2.41. The van der Waals surface area contributed by atoms with Crippen molar-refractivity contribution in [3.8, 4) is 0 Å². The van der Waals surface area contributed by atoms with Crippen LogP contribution in [0, 0.1) is 11.8 Å². The molecule has 0 aromatic heterocycles. The number of carboxylic acids is 1. The molecule has 2 N–H and O–H groups in total. The summed E-state index contributed by atoms with van der Waals surface area (Å²) in [6.07, 6.45) is 2.95. The van der Waals surface area contributed by atoms with Gasteiger partial charge in [0.2, 0.25) is 17.7 Å². The molecule has 3 aliphatic heterocycles. The summed E-state index contributed by atoms with van der Waals surface area (Å²) >= 11 is 0. The van der Waals surface area contributed by atoms with E-state index in [1.165, 1.54) is 0 Å². The monoisotopic (exact) mass is 413 g/mol. The number of likely N-dealkylation sites (tertiary alicyclic amines) is 1. The Hall–Kier alpha value is -2.90. The first-order chi connectivity index (χ1) is 14.4. The van der Waals surface area contributed by atoms with E-state index in [4.69, 9.17) is 5.11 Å². The first kappa shape index (κ1) is 20.4. The van der Waals surface area contributed by atoms with Gasteiger partial charge in [-0.25, -0.2) is 0 Å². The minimum absolute atomic E-state index is 0.0449. The molecule has 3 fully saturated rings. The Bertz CT molecular complexity index is 845. The average Bonchev–Trinajstić information content (AvgIpc) is 3.24. The molecule has 0 radical (unpaired) electrons. The van der Waals surface area contributed by atoms with Crippen molar-refractivity contribution in [1.82, 2.24) is 10.2 Å². The number of carbonyl (C=O) groups is 4. The number of carboxylic acid groups (broad SMARTS) is 1. The molecule has 0 aliphatic carbocycles. The van der Waals surface area contributed by atoms with E-state index in [1.54, 1.807) is 4.90 Å². The molecule has 8 heteroatoms. The number of nitrogens with zero attached hydrogens (tertiary/aromatic N) is 2. The highest BCUT2D eigenvalue weighted by atomic mass is 16.4. The number of rotatable bonds is 4. The number of anilines is 1. The summed E-state index contributed by atoms with van der Waals surface area (Å²) in [5.74, 6) is -1.93. The van der Waals surface area contributed by atoms with E-state index in [-0.39, 0.29) is 29.6 Å². The van der Waals surface area contributed by atoms with E-state index >= 15 is 0 Å². The highest BCUT2D eigenvalue weighted by molar-refractivity contribution is 6.00. The van der Waals surface area contributed by atoms with Gasteiger partial charge in [-0.2, -0.15) is 0 Å². The zero-order chi connectivity index (χ0) is 21.3. The van der Waals surface area contributed by atoms with Crippen LogP contribution in [0.2, 0.25) is 0 Å². The van der Waals surface area contributed by atoms with Crippen LogP contribution in [-0.4, -0.2) is 59.9 Å². The topological polar surface area (TPSA) is 107 Å². The smallest absolute Gasteiger partial charge is 0.308 e. The van der Waals surface area contributed by atoms with Gasteiger partial charge in [-0.15, -0.1) is 0 Å². The molecule has 2 atom stereocenters. The molecule has 1 aromatic rings. The van der Waals surface area contributed by atoms with Crippen LogP contribution in [0.25, 0.3) is 0 Å². The van der Waals surface area contributed by atoms with Crippen LogP contribution in [0.4, 0.5) is 5.69 Å². The normalized spacial score (nSPS) is 25.3. The number of piperidine rings is 2. The van der Waals surface area contributed by atoms with Crippen LogP contribution in [0.1, 0.15) is 43.6 Å². The highest BCUT2D eigenvalue weighted by Crippen LogP contribution is 2.30. The number of hydrogen-bond acceptors (Lipinski definition) is 5. The van der Waals surface area contributed by atoms with E-state index in [1.807, 2.05) is 24.3 Å². The van der Waals surface area contributed by atoms with Gasteiger partial charge in [-0.05, 0) is 43.4 Å². The Morgan fingerprint density at radius 1 is 0.933 bits per heavy atom. The molecule has 3 aliphatic rings. The van der Waals surface area contributed by atoms with Gasteiger partial charge >= 0.3 is 5.97 Å². The summed E-state index contributed by atoms with van der Waals surface area (Å²) in [4.78, 5) is 51.2. The van der Waals surface area contributed by atoms with E-state index in [9.17, 15) is 19.2 Å². The zero-order valence-electron chi connectivity index (χ0n) is 16.9. The molecular formula is C22H27N3O5. The molecule has 0 saturated carbocycles. The van der Waals surface area contributed by atoms with Crippen molar-refractivity contribution in [2.24, 2.45) is 11.8 Å². The number of imide groups is 1. The standard InChI is InChI=1S/C22H27N3O5/c26-19-6-5-18(20(27)23-19)14-1-3-17(4-2-14)24-10-7-15(8-11-24)21(28)25-12-9-16(13-25)22(29)30/h1-4,15-16,18H,5-13H2,(H,29,30)(H,23,26,27)/t16-,18?/m1/s1. The van der Waals surface area contributed by atoms with Gasteiger partial charge in [0.15, 0.2) is 0 Å². The number of amides is 3. The van der Waals surface area contributed by atoms with Gasteiger partial charge in [-0.3, -0.25) is 24.5 Å². The molecule has 30 heavy (non-hydrogen) atoms. The lowest BCUT2D eigenvalue weighted by molar-refractivity contribution is -0.142. The van der Waals surface area contributed by atoms with E-state index in [0.717, 1.165) is 37.2 Å². The predicted octanol–water partition coefficient (Wildman–Crippen LogP) is 1.36. The number of hydrogen-bond donors (Lipinski definition) is 2. The maximum absolute atomic E-state index is 12.7. The van der Waals surface area contributed by atoms with E-state index in [0.29, 0.717) is 32.4 Å². The molecule has 3 heterocycles. The maximum Gasteiger partial charge on any atom is 0.308 e. The van der Waals surface area contributed by atoms with Crippen molar-refractivity contribution < 1.29 is 24.3 Å². The maximum atomic E-state index is 12.7. The number of aliphatic carboxylic acids is 1. The fraction of sp³-hybridized carbons (Fsp3) is 0.545. The van der Waals surface area contributed by atoms with Crippen molar-refractivity contribution >= 4 is 29.4 Å². The number of benzene rings is 1. The zero-order valence-corrected chi connectivity index (χ0v) is 16.9. The molecule has 0 bridgehead atoms. The second-order valence-electron chi connectivity index (χ2n) is 8.46. The Morgan fingerprint density at radius 3 is 2.20 bits per heavy atom. The lowest BCUT2D eigenvalue weighted by Gasteiger charge is -2.34. The van der Waals surface area contributed by atoms with Crippen LogP contribution in [0.15, 0.2) is 24.3 Å². The molecule has 1 aromatic carbocycles. The molecular weight excluding hydrogens is 386 g/mol. The van der Waals surface area contributed by atoms with Gasteiger partial charge in [0.1, 0.15) is 0 Å². The van der Waals surface area contributed by atoms with Gasteiger partial charge < -0.3 is 14.9 Å². The Labute approximate surface area is 175 Å². The van der Waals surface area contributed by atoms with Crippen molar-refractivity contribution in [2.45, 2.75) is 38.0 Å². The fourth-order valence-corrected chi connectivity index (χ4v) is 4.73. The minimum Gasteiger partial charge on any atom is -0.481 e. The third-order valence-electron chi connectivity index (χ3n) is 6.59. The van der Waals surface area contributed by atoms with Gasteiger partial charge in [0.05, 0.1) is 11.8 Å². The third-order valence-corrected chi connectivity index (χ3v) is 6.59. The first-order valence-corrected chi connectivity index (χ1v) is 10.6. The van der Waals surface area contributed by atoms with Crippen molar-refractivity contribution in [1.29, 1.82) is 0 Å². The van der Waals surface area contributed by atoms with Crippen molar-refractivity contribution in [3.63, 3.8) is 0 Å². The molecule has 0 spiro atoms. The summed E-state index contributed by atoms with van der Waals surface area (Å²) in [5.41, 5.74) is 1.97. The van der Waals surface area contributed by atoms with Gasteiger partial charge in [0, 0.05) is 44.2 Å². The van der Waals surface area contributed by atoms with Crippen LogP contribution in [0.5, 0.6) is 0 Å². The average molecular weight is 413 g/mol. The predicted molar refractivity (Wildman–Crippen MR) is 109 cm³/mol. The Morgan fingerprint density at radius 2 is 1.60 bits per heavy atom. The second kappa shape index (κ2) is 8.45. The van der Waals surface area contributed by atoms with Gasteiger partial charge in [-0.1, -0.05) is 12.1 Å².